The number of carbonyl (C=O) groups excluding carboxylic acids is 2. The van der Waals surface area contributed by atoms with Gasteiger partial charge in [0.05, 0.1) is 17.8 Å². The van der Waals surface area contributed by atoms with E-state index >= 15 is 0 Å². The Labute approximate surface area is 209 Å². The number of rotatable bonds is 6. The lowest BCUT2D eigenvalue weighted by Gasteiger charge is -2.14. The van der Waals surface area contributed by atoms with Gasteiger partial charge in [-0.05, 0) is 47.5 Å². The molecular formula is C27H29N7O2. The third-order valence-corrected chi connectivity index (χ3v) is 5.49. The van der Waals surface area contributed by atoms with Gasteiger partial charge in [-0.15, -0.1) is 0 Å². The first-order chi connectivity index (χ1) is 17.1. The molecule has 0 atom stereocenters. The Balaban J connectivity index is 1.59. The van der Waals surface area contributed by atoms with Crippen LogP contribution in [0.3, 0.4) is 0 Å². The Hall–Kier alpha value is -4.66. The number of nitrogens with two attached hydrogens (primary N) is 2. The molecule has 184 valence electrons. The molecule has 0 aliphatic rings. The van der Waals surface area contributed by atoms with Crippen LogP contribution < -0.4 is 22.1 Å². The van der Waals surface area contributed by atoms with E-state index in [0.29, 0.717) is 23.0 Å². The number of primary amides is 1. The zero-order valence-corrected chi connectivity index (χ0v) is 20.4. The molecule has 0 unspecified atom stereocenters. The Morgan fingerprint density at radius 2 is 1.72 bits per heavy atom. The summed E-state index contributed by atoms with van der Waals surface area (Å²) in [5.41, 5.74) is 15.5. The van der Waals surface area contributed by atoms with Gasteiger partial charge >= 0.3 is 6.03 Å². The number of nitrogens with one attached hydrogen (secondary N) is 2. The summed E-state index contributed by atoms with van der Waals surface area (Å²) in [4.78, 5) is 28.5. The molecule has 9 heteroatoms. The number of hydrogen-bond donors (Lipinski definition) is 4. The van der Waals surface area contributed by atoms with Crippen molar-refractivity contribution in [1.29, 1.82) is 0 Å². The molecule has 0 spiro atoms. The number of nitrogens with zero attached hydrogens (tertiary/aromatic N) is 3. The van der Waals surface area contributed by atoms with Gasteiger partial charge in [0, 0.05) is 28.9 Å². The van der Waals surface area contributed by atoms with Gasteiger partial charge in [0.15, 0.2) is 0 Å². The van der Waals surface area contributed by atoms with Crippen molar-refractivity contribution in [1.82, 2.24) is 14.8 Å². The second kappa shape index (κ2) is 9.91. The van der Waals surface area contributed by atoms with Gasteiger partial charge in [0.25, 0.3) is 0 Å². The number of amides is 3. The van der Waals surface area contributed by atoms with Crippen LogP contribution in [0.4, 0.5) is 22.1 Å². The van der Waals surface area contributed by atoms with Crippen molar-refractivity contribution in [3.05, 3.63) is 84.2 Å². The minimum Gasteiger partial charge on any atom is -0.384 e. The molecule has 0 saturated heterocycles. The standard InChI is InChI=1S/C27H29N7O2/c1-27(2,3)22-15-25(34(33-22)21-9-4-6-17(12-21)13-24(29)35)32-26(36)31-20-8-5-7-18(14-20)19-10-11-23(28)30-16-19/h4-12,14-16H,13H2,1-3H3,(H2,28,30)(H2,29,35)(H2,31,32,36). The van der Waals surface area contributed by atoms with E-state index in [2.05, 4.69) is 15.6 Å². The fraction of sp³-hybridized carbons (Fsp3) is 0.185. The van der Waals surface area contributed by atoms with Crippen LogP contribution in [0.5, 0.6) is 0 Å². The molecule has 9 nitrogen and oxygen atoms in total. The van der Waals surface area contributed by atoms with Gasteiger partial charge in [-0.25, -0.2) is 14.5 Å². The minimum atomic E-state index is -0.419. The molecule has 6 N–H and O–H groups in total. The monoisotopic (exact) mass is 483 g/mol. The summed E-state index contributed by atoms with van der Waals surface area (Å²) >= 11 is 0. The predicted octanol–water partition coefficient (Wildman–Crippen LogP) is 4.49. The highest BCUT2D eigenvalue weighted by molar-refractivity contribution is 5.99. The van der Waals surface area contributed by atoms with E-state index in [1.807, 2.05) is 75.4 Å². The number of carbonyl (C=O) groups is 2. The largest absolute Gasteiger partial charge is 0.384 e. The molecule has 0 aliphatic heterocycles. The van der Waals surface area contributed by atoms with Crippen molar-refractivity contribution in [3.8, 4) is 16.8 Å². The fourth-order valence-electron chi connectivity index (χ4n) is 3.66. The van der Waals surface area contributed by atoms with Gasteiger partial charge in [0.1, 0.15) is 11.6 Å². The second-order valence-electron chi connectivity index (χ2n) is 9.52. The lowest BCUT2D eigenvalue weighted by molar-refractivity contribution is -0.117. The van der Waals surface area contributed by atoms with E-state index in [0.717, 1.165) is 22.4 Å². The molecule has 2 aromatic heterocycles. The summed E-state index contributed by atoms with van der Waals surface area (Å²) in [6.45, 7) is 6.14. The molecule has 0 bridgehead atoms. The first kappa shape index (κ1) is 24.5. The number of urea groups is 1. The molecule has 0 fully saturated rings. The van der Waals surface area contributed by atoms with Crippen molar-refractivity contribution in [2.45, 2.75) is 32.6 Å². The van der Waals surface area contributed by atoms with Crippen LogP contribution in [0.15, 0.2) is 72.9 Å². The number of benzene rings is 2. The molecule has 0 aliphatic carbocycles. The highest BCUT2D eigenvalue weighted by Gasteiger charge is 2.22. The molecule has 0 radical (unpaired) electrons. The van der Waals surface area contributed by atoms with Crippen LogP contribution >= 0.6 is 0 Å². The molecule has 4 aromatic rings. The number of nitrogen functional groups attached to an aromatic ring is 1. The third-order valence-electron chi connectivity index (χ3n) is 5.49. The maximum Gasteiger partial charge on any atom is 0.324 e. The van der Waals surface area contributed by atoms with E-state index in [1.165, 1.54) is 0 Å². The van der Waals surface area contributed by atoms with Gasteiger partial charge in [-0.2, -0.15) is 5.10 Å². The van der Waals surface area contributed by atoms with Gasteiger partial charge in [-0.1, -0.05) is 45.0 Å². The number of hydrogen-bond acceptors (Lipinski definition) is 5. The summed E-state index contributed by atoms with van der Waals surface area (Å²) < 4.78 is 1.65. The Morgan fingerprint density at radius 1 is 0.944 bits per heavy atom. The first-order valence-electron chi connectivity index (χ1n) is 11.5. The van der Waals surface area contributed by atoms with Crippen LogP contribution in [-0.4, -0.2) is 26.7 Å². The highest BCUT2D eigenvalue weighted by atomic mass is 16.2. The Morgan fingerprint density at radius 3 is 2.42 bits per heavy atom. The fourth-order valence-corrected chi connectivity index (χ4v) is 3.66. The maximum atomic E-state index is 13.0. The molecule has 0 saturated carbocycles. The lowest BCUT2D eigenvalue weighted by atomic mass is 9.92. The molecule has 3 amide bonds. The number of anilines is 3. The first-order valence-corrected chi connectivity index (χ1v) is 11.5. The van der Waals surface area contributed by atoms with Crippen LogP contribution in [0.2, 0.25) is 0 Å². The summed E-state index contributed by atoms with van der Waals surface area (Å²) in [5, 5.41) is 10.5. The van der Waals surface area contributed by atoms with Crippen LogP contribution in [0.1, 0.15) is 32.0 Å². The van der Waals surface area contributed by atoms with Gasteiger partial charge in [0.2, 0.25) is 5.91 Å². The van der Waals surface area contributed by atoms with Crippen molar-refractivity contribution in [2.24, 2.45) is 5.73 Å². The van der Waals surface area contributed by atoms with Crippen LogP contribution in [0, 0.1) is 0 Å². The summed E-state index contributed by atoms with van der Waals surface area (Å²) in [6, 6.07) is 19.8. The van der Waals surface area contributed by atoms with E-state index in [1.54, 1.807) is 23.0 Å². The van der Waals surface area contributed by atoms with Gasteiger partial charge in [-0.3, -0.25) is 10.1 Å². The molecule has 2 heterocycles. The van der Waals surface area contributed by atoms with Crippen molar-refractivity contribution in [2.75, 3.05) is 16.4 Å². The summed E-state index contributed by atoms with van der Waals surface area (Å²) in [5.74, 6) is 0.518. The topological polar surface area (TPSA) is 141 Å². The zero-order valence-electron chi connectivity index (χ0n) is 20.4. The smallest absolute Gasteiger partial charge is 0.324 e. The van der Waals surface area contributed by atoms with Crippen molar-refractivity contribution >= 4 is 29.3 Å². The lowest BCUT2D eigenvalue weighted by Crippen LogP contribution is -2.21. The van der Waals surface area contributed by atoms with Crippen molar-refractivity contribution < 1.29 is 9.59 Å². The molecular weight excluding hydrogens is 454 g/mol. The van der Waals surface area contributed by atoms with Crippen LogP contribution in [-0.2, 0) is 16.6 Å². The van der Waals surface area contributed by atoms with Crippen LogP contribution in [0.25, 0.3) is 16.8 Å². The van der Waals surface area contributed by atoms with E-state index < -0.39 is 11.9 Å². The maximum absolute atomic E-state index is 13.0. The average Bonchev–Trinajstić information content (AvgIpc) is 3.24. The summed E-state index contributed by atoms with van der Waals surface area (Å²) in [6.07, 6.45) is 1.80. The number of pyridine rings is 1. The van der Waals surface area contributed by atoms with E-state index in [4.69, 9.17) is 16.6 Å². The third kappa shape index (κ3) is 5.87. The molecule has 4 rings (SSSR count). The summed E-state index contributed by atoms with van der Waals surface area (Å²) in [7, 11) is 0. The Kier molecular flexibility index (Phi) is 6.73. The molecule has 36 heavy (non-hydrogen) atoms. The SMILES string of the molecule is CC(C)(C)c1cc(NC(=O)Nc2cccc(-c3ccc(N)nc3)c2)n(-c2cccc(CC(N)=O)c2)n1. The quantitative estimate of drug-likeness (QED) is 0.320. The second-order valence-corrected chi connectivity index (χ2v) is 9.52. The normalized spacial score (nSPS) is 11.2. The minimum absolute atomic E-state index is 0.115. The zero-order chi connectivity index (χ0) is 25.9. The predicted molar refractivity (Wildman–Crippen MR) is 142 cm³/mol. The highest BCUT2D eigenvalue weighted by Crippen LogP contribution is 2.27. The number of aromatic nitrogens is 3. The van der Waals surface area contributed by atoms with E-state index in [9.17, 15) is 9.59 Å². The molecule has 2 aromatic carbocycles. The van der Waals surface area contributed by atoms with Crippen molar-refractivity contribution in [3.63, 3.8) is 0 Å². The average molecular weight is 484 g/mol. The van der Waals surface area contributed by atoms with E-state index in [-0.39, 0.29) is 11.8 Å². The Bertz CT molecular complexity index is 1400. The van der Waals surface area contributed by atoms with Gasteiger partial charge < -0.3 is 16.8 Å².